The van der Waals surface area contributed by atoms with Crippen molar-refractivity contribution in [3.63, 3.8) is 0 Å². The van der Waals surface area contributed by atoms with Crippen LogP contribution in [0, 0.1) is 11.8 Å². The SMILES string of the molecule is COCc1c2ccc(-c3ccc(C4=NC5(CC5)C(=O)N4CC4CCN(C(=O)C5CC5)C4)cc3)cc2nn1C. The van der Waals surface area contributed by atoms with Crippen molar-refractivity contribution in [2.24, 2.45) is 23.9 Å². The molecule has 3 aromatic rings. The Bertz CT molecular complexity index is 1470. The van der Waals surface area contributed by atoms with Gasteiger partial charge in [0.15, 0.2) is 0 Å². The molecular formula is C30H33N5O3. The van der Waals surface area contributed by atoms with Gasteiger partial charge in [0.05, 0.1) is 17.8 Å². The molecule has 2 amide bonds. The summed E-state index contributed by atoms with van der Waals surface area (Å²) in [5.41, 5.74) is 4.62. The smallest absolute Gasteiger partial charge is 0.256 e. The number of rotatable bonds is 7. The summed E-state index contributed by atoms with van der Waals surface area (Å²) in [5.74, 6) is 1.78. The van der Waals surface area contributed by atoms with Crippen molar-refractivity contribution in [3.05, 3.63) is 53.7 Å². The Labute approximate surface area is 222 Å². The summed E-state index contributed by atoms with van der Waals surface area (Å²) in [6.45, 7) is 2.72. The molecule has 1 saturated heterocycles. The van der Waals surface area contributed by atoms with Crippen molar-refractivity contribution in [1.82, 2.24) is 19.6 Å². The molecule has 38 heavy (non-hydrogen) atoms. The van der Waals surface area contributed by atoms with Gasteiger partial charge in [-0.15, -0.1) is 0 Å². The zero-order valence-corrected chi connectivity index (χ0v) is 22.0. The largest absolute Gasteiger partial charge is 0.378 e. The minimum absolute atomic E-state index is 0.135. The van der Waals surface area contributed by atoms with Gasteiger partial charge in [-0.05, 0) is 55.2 Å². The molecule has 0 N–H and O–H groups in total. The summed E-state index contributed by atoms with van der Waals surface area (Å²) in [7, 11) is 3.64. The predicted molar refractivity (Wildman–Crippen MR) is 144 cm³/mol. The molecule has 196 valence electrons. The van der Waals surface area contributed by atoms with Crippen LogP contribution >= 0.6 is 0 Å². The van der Waals surface area contributed by atoms with E-state index in [1.165, 1.54) is 0 Å². The third-order valence-electron chi connectivity index (χ3n) is 8.62. The molecule has 2 aliphatic carbocycles. The summed E-state index contributed by atoms with van der Waals surface area (Å²) in [5, 5.41) is 5.77. The number of carbonyl (C=O) groups excluding carboxylic acids is 2. The number of aliphatic imine (C=N–C) groups is 1. The topological polar surface area (TPSA) is 80.0 Å². The minimum atomic E-state index is -0.542. The Morgan fingerprint density at radius 2 is 1.79 bits per heavy atom. The fraction of sp³-hybridized carbons (Fsp3) is 0.467. The molecule has 7 rings (SSSR count). The van der Waals surface area contributed by atoms with Crippen LogP contribution in [0.2, 0.25) is 0 Å². The third-order valence-corrected chi connectivity index (χ3v) is 8.62. The molecule has 3 heterocycles. The molecule has 2 aliphatic heterocycles. The maximum absolute atomic E-state index is 13.4. The van der Waals surface area contributed by atoms with Gasteiger partial charge in [-0.2, -0.15) is 5.10 Å². The van der Waals surface area contributed by atoms with E-state index < -0.39 is 5.54 Å². The van der Waals surface area contributed by atoms with Crippen LogP contribution in [-0.2, 0) is 28.0 Å². The van der Waals surface area contributed by atoms with Crippen molar-refractivity contribution in [1.29, 1.82) is 0 Å². The molecule has 0 bridgehead atoms. The molecule has 1 spiro atoms. The predicted octanol–water partition coefficient (Wildman–Crippen LogP) is 3.77. The first-order valence-corrected chi connectivity index (χ1v) is 13.7. The highest BCUT2D eigenvalue weighted by atomic mass is 16.5. The van der Waals surface area contributed by atoms with E-state index in [1.54, 1.807) is 7.11 Å². The van der Waals surface area contributed by atoms with Gasteiger partial charge in [-0.3, -0.25) is 24.2 Å². The van der Waals surface area contributed by atoms with E-state index >= 15 is 0 Å². The highest BCUT2D eigenvalue weighted by Crippen LogP contribution is 2.46. The Morgan fingerprint density at radius 1 is 1.05 bits per heavy atom. The molecule has 2 aromatic carbocycles. The fourth-order valence-corrected chi connectivity index (χ4v) is 6.07. The second-order valence-corrected chi connectivity index (χ2v) is 11.4. The molecule has 0 radical (unpaired) electrons. The van der Waals surface area contributed by atoms with E-state index in [0.29, 0.717) is 25.0 Å². The summed E-state index contributed by atoms with van der Waals surface area (Å²) in [6, 6.07) is 14.7. The first kappa shape index (κ1) is 23.6. The number of amidine groups is 1. The van der Waals surface area contributed by atoms with Crippen molar-refractivity contribution in [2.45, 2.75) is 44.2 Å². The van der Waals surface area contributed by atoms with Gasteiger partial charge in [0.25, 0.3) is 5.91 Å². The lowest BCUT2D eigenvalue weighted by molar-refractivity contribution is -0.131. The van der Waals surface area contributed by atoms with Crippen molar-refractivity contribution in [3.8, 4) is 11.1 Å². The van der Waals surface area contributed by atoms with Crippen LogP contribution in [0.5, 0.6) is 0 Å². The summed E-state index contributed by atoms with van der Waals surface area (Å²) in [4.78, 5) is 34.8. The highest BCUT2D eigenvalue weighted by molar-refractivity contribution is 6.16. The Kier molecular flexibility index (Phi) is 5.44. The van der Waals surface area contributed by atoms with Crippen LogP contribution in [0.4, 0.5) is 0 Å². The molecule has 1 aromatic heterocycles. The van der Waals surface area contributed by atoms with Crippen LogP contribution in [-0.4, -0.2) is 69.5 Å². The second-order valence-electron chi connectivity index (χ2n) is 11.4. The molecular weight excluding hydrogens is 478 g/mol. The lowest BCUT2D eigenvalue weighted by Crippen LogP contribution is -2.40. The number of carbonyl (C=O) groups is 2. The van der Waals surface area contributed by atoms with Crippen molar-refractivity contribution in [2.75, 3.05) is 26.7 Å². The zero-order valence-electron chi connectivity index (χ0n) is 22.0. The van der Waals surface area contributed by atoms with Gasteiger partial charge in [0.2, 0.25) is 5.91 Å². The van der Waals surface area contributed by atoms with Gasteiger partial charge >= 0.3 is 0 Å². The van der Waals surface area contributed by atoms with Gasteiger partial charge in [-0.25, -0.2) is 0 Å². The fourth-order valence-electron chi connectivity index (χ4n) is 6.07. The Morgan fingerprint density at radius 3 is 2.50 bits per heavy atom. The number of methoxy groups -OCH3 is 1. The third kappa shape index (κ3) is 3.93. The van der Waals surface area contributed by atoms with Crippen LogP contribution in [0.1, 0.15) is 43.4 Å². The van der Waals surface area contributed by atoms with E-state index in [2.05, 4.69) is 47.6 Å². The van der Waals surface area contributed by atoms with E-state index in [9.17, 15) is 9.59 Å². The van der Waals surface area contributed by atoms with E-state index in [4.69, 9.17) is 9.73 Å². The number of likely N-dealkylation sites (tertiary alicyclic amines) is 1. The summed E-state index contributed by atoms with van der Waals surface area (Å²) >= 11 is 0. The number of fused-ring (bicyclic) bond motifs is 1. The monoisotopic (exact) mass is 511 g/mol. The van der Waals surface area contributed by atoms with Gasteiger partial charge in [0, 0.05) is 50.7 Å². The highest BCUT2D eigenvalue weighted by Gasteiger charge is 2.57. The molecule has 8 heteroatoms. The van der Waals surface area contributed by atoms with Crippen LogP contribution in [0.3, 0.4) is 0 Å². The second kappa shape index (κ2) is 8.76. The van der Waals surface area contributed by atoms with E-state index in [-0.39, 0.29) is 11.8 Å². The Balaban J connectivity index is 1.11. The minimum Gasteiger partial charge on any atom is -0.378 e. The molecule has 1 unspecified atom stereocenters. The molecule has 1 atom stereocenters. The first-order chi connectivity index (χ1) is 18.5. The number of aromatic nitrogens is 2. The maximum Gasteiger partial charge on any atom is 0.256 e. The standard InChI is InChI=1S/C30H33N5O3/c1-33-26(18-38-2)24-10-9-23(15-25(24)32-33)20-3-5-21(6-4-20)27-31-30(12-13-30)29(37)35(27)17-19-11-14-34(16-19)28(36)22-7-8-22/h3-6,9-10,15,19,22H,7-8,11-14,16-18H2,1-2H3. The summed E-state index contributed by atoms with van der Waals surface area (Å²) < 4.78 is 7.22. The van der Waals surface area contributed by atoms with E-state index in [0.717, 1.165) is 84.3 Å². The van der Waals surface area contributed by atoms with Crippen LogP contribution in [0.15, 0.2) is 47.5 Å². The Hall–Kier alpha value is -3.52. The number of amides is 2. The quantitative estimate of drug-likeness (QED) is 0.484. The first-order valence-electron chi connectivity index (χ1n) is 13.7. The number of ether oxygens (including phenoxy) is 1. The zero-order chi connectivity index (χ0) is 26.0. The number of nitrogens with zero attached hydrogens (tertiary/aromatic N) is 5. The number of aryl methyl sites for hydroxylation is 1. The van der Waals surface area contributed by atoms with E-state index in [1.807, 2.05) is 21.5 Å². The number of hydrogen-bond donors (Lipinski definition) is 0. The summed E-state index contributed by atoms with van der Waals surface area (Å²) in [6.07, 6.45) is 4.67. The van der Waals surface area contributed by atoms with Gasteiger partial charge < -0.3 is 9.64 Å². The lowest BCUT2D eigenvalue weighted by Gasteiger charge is -2.23. The molecule has 2 saturated carbocycles. The van der Waals surface area contributed by atoms with Crippen LogP contribution in [0.25, 0.3) is 22.0 Å². The molecule has 4 aliphatic rings. The van der Waals surface area contributed by atoms with Gasteiger partial charge in [-0.1, -0.05) is 36.4 Å². The van der Waals surface area contributed by atoms with Crippen molar-refractivity contribution >= 4 is 28.6 Å². The van der Waals surface area contributed by atoms with Gasteiger partial charge in [0.1, 0.15) is 11.4 Å². The normalized spacial score (nSPS) is 22.1. The average Bonchev–Trinajstić information content (AvgIpc) is 3.83. The average molecular weight is 512 g/mol. The lowest BCUT2D eigenvalue weighted by atomic mass is 10.0. The number of hydrogen-bond acceptors (Lipinski definition) is 5. The molecule has 8 nitrogen and oxygen atoms in total. The molecule has 3 fully saturated rings. The maximum atomic E-state index is 13.4. The van der Waals surface area contributed by atoms with Crippen molar-refractivity contribution < 1.29 is 14.3 Å². The van der Waals surface area contributed by atoms with Crippen LogP contribution < -0.4 is 0 Å². The number of benzene rings is 2.